The van der Waals surface area contributed by atoms with Crippen molar-refractivity contribution in [3.63, 3.8) is 0 Å². The molecule has 1 aliphatic rings. The molecule has 0 unspecified atom stereocenters. The zero-order valence-electron chi connectivity index (χ0n) is 12.9. The number of nitrogens with zero attached hydrogens (tertiary/aromatic N) is 2. The van der Waals surface area contributed by atoms with Crippen LogP contribution in [0, 0.1) is 0 Å². The predicted molar refractivity (Wildman–Crippen MR) is 94.7 cm³/mol. The standard InChI is InChI=1S/C14H28N4O.HI/c1-4-5-10-15-14(16-11-13(19)18(2)3)17-12-8-6-7-9-12;/h12H,4-11H2,1-3H3,(H2,15,16,17);1H. The van der Waals surface area contributed by atoms with Crippen LogP contribution in [0.4, 0.5) is 0 Å². The third kappa shape index (κ3) is 7.91. The largest absolute Gasteiger partial charge is 0.356 e. The number of nitrogens with one attached hydrogen (secondary N) is 2. The fourth-order valence-corrected chi connectivity index (χ4v) is 2.09. The summed E-state index contributed by atoms with van der Waals surface area (Å²) in [6.07, 6.45) is 7.26. The molecule has 0 aliphatic heterocycles. The van der Waals surface area contributed by atoms with E-state index in [0.717, 1.165) is 25.3 Å². The molecule has 1 amide bonds. The monoisotopic (exact) mass is 396 g/mol. The number of carbonyl (C=O) groups is 1. The summed E-state index contributed by atoms with van der Waals surface area (Å²) in [6, 6.07) is 0.516. The van der Waals surface area contributed by atoms with Crippen LogP contribution in [0.15, 0.2) is 4.99 Å². The minimum Gasteiger partial charge on any atom is -0.356 e. The van der Waals surface area contributed by atoms with Gasteiger partial charge in [-0.25, -0.2) is 4.99 Å². The van der Waals surface area contributed by atoms with E-state index in [2.05, 4.69) is 22.5 Å². The highest BCUT2D eigenvalue weighted by Crippen LogP contribution is 2.17. The third-order valence-corrected chi connectivity index (χ3v) is 3.39. The van der Waals surface area contributed by atoms with Crippen molar-refractivity contribution in [2.45, 2.75) is 51.5 Å². The third-order valence-electron chi connectivity index (χ3n) is 3.39. The summed E-state index contributed by atoms with van der Waals surface area (Å²) in [7, 11) is 3.51. The molecule has 0 aromatic heterocycles. The summed E-state index contributed by atoms with van der Waals surface area (Å²) >= 11 is 0. The Bertz CT molecular complexity index is 302. The van der Waals surface area contributed by atoms with Gasteiger partial charge in [0.1, 0.15) is 6.54 Å². The maximum Gasteiger partial charge on any atom is 0.243 e. The first-order valence-electron chi connectivity index (χ1n) is 7.38. The van der Waals surface area contributed by atoms with Crippen LogP contribution in [0.2, 0.25) is 0 Å². The molecule has 0 saturated heterocycles. The second-order valence-corrected chi connectivity index (χ2v) is 5.36. The highest BCUT2D eigenvalue weighted by Gasteiger charge is 2.16. The maximum absolute atomic E-state index is 11.6. The van der Waals surface area contributed by atoms with Gasteiger partial charge < -0.3 is 15.5 Å². The number of amides is 1. The second-order valence-electron chi connectivity index (χ2n) is 5.36. The van der Waals surface area contributed by atoms with E-state index in [-0.39, 0.29) is 36.4 Å². The lowest BCUT2D eigenvalue weighted by molar-refractivity contribution is -0.127. The molecule has 0 aromatic carbocycles. The first-order chi connectivity index (χ1) is 9.13. The molecule has 0 heterocycles. The molecule has 0 spiro atoms. The number of carbonyl (C=O) groups excluding carboxylic acids is 1. The molecule has 0 radical (unpaired) electrons. The van der Waals surface area contributed by atoms with E-state index in [0.29, 0.717) is 6.04 Å². The fourth-order valence-electron chi connectivity index (χ4n) is 2.09. The normalized spacial score (nSPS) is 15.7. The van der Waals surface area contributed by atoms with Crippen LogP contribution in [-0.4, -0.2) is 50.0 Å². The topological polar surface area (TPSA) is 56.7 Å². The molecule has 1 saturated carbocycles. The van der Waals surface area contributed by atoms with Gasteiger partial charge in [0.25, 0.3) is 0 Å². The lowest BCUT2D eigenvalue weighted by atomic mass is 10.2. The number of guanidine groups is 1. The average molecular weight is 396 g/mol. The number of hydrogen-bond acceptors (Lipinski definition) is 2. The molecular formula is C14H29IN4O. The van der Waals surface area contributed by atoms with Crippen molar-refractivity contribution in [3.05, 3.63) is 0 Å². The van der Waals surface area contributed by atoms with Crippen LogP contribution < -0.4 is 10.6 Å². The first-order valence-corrected chi connectivity index (χ1v) is 7.38. The zero-order chi connectivity index (χ0) is 14.1. The van der Waals surface area contributed by atoms with Gasteiger partial charge in [0.15, 0.2) is 5.96 Å². The van der Waals surface area contributed by atoms with Gasteiger partial charge in [0, 0.05) is 26.7 Å². The van der Waals surface area contributed by atoms with Crippen molar-refractivity contribution >= 4 is 35.8 Å². The molecule has 0 bridgehead atoms. The van der Waals surface area contributed by atoms with Crippen molar-refractivity contribution in [1.29, 1.82) is 0 Å². The van der Waals surface area contributed by atoms with E-state index in [1.807, 2.05) is 0 Å². The number of rotatable bonds is 6. The second kappa shape index (κ2) is 11.2. The SMILES string of the molecule is CCCCNC(=NCC(=O)N(C)C)NC1CCCC1.I. The number of likely N-dealkylation sites (N-methyl/N-ethyl adjacent to an activating group) is 1. The van der Waals surface area contributed by atoms with Gasteiger partial charge in [-0.15, -0.1) is 24.0 Å². The van der Waals surface area contributed by atoms with Gasteiger partial charge >= 0.3 is 0 Å². The van der Waals surface area contributed by atoms with Crippen molar-refractivity contribution in [1.82, 2.24) is 15.5 Å². The van der Waals surface area contributed by atoms with Gasteiger partial charge in [-0.1, -0.05) is 26.2 Å². The number of hydrogen-bond donors (Lipinski definition) is 2. The van der Waals surface area contributed by atoms with Crippen LogP contribution in [-0.2, 0) is 4.79 Å². The van der Waals surface area contributed by atoms with Crippen molar-refractivity contribution in [2.75, 3.05) is 27.2 Å². The molecule has 6 heteroatoms. The summed E-state index contributed by atoms with van der Waals surface area (Å²) < 4.78 is 0. The summed E-state index contributed by atoms with van der Waals surface area (Å²) in [4.78, 5) is 17.5. The Labute approximate surface area is 140 Å². The average Bonchev–Trinajstić information content (AvgIpc) is 2.88. The molecule has 5 nitrogen and oxygen atoms in total. The van der Waals surface area contributed by atoms with Crippen LogP contribution in [0.1, 0.15) is 45.4 Å². The Hall–Kier alpha value is -0.530. The predicted octanol–water partition coefficient (Wildman–Crippen LogP) is 1.97. The molecule has 0 aromatic rings. The minimum absolute atomic E-state index is 0. The highest BCUT2D eigenvalue weighted by molar-refractivity contribution is 14.0. The first kappa shape index (κ1) is 19.5. The zero-order valence-corrected chi connectivity index (χ0v) is 15.3. The number of aliphatic imine (C=N–C) groups is 1. The highest BCUT2D eigenvalue weighted by atomic mass is 127. The van der Waals surface area contributed by atoms with Crippen molar-refractivity contribution < 1.29 is 4.79 Å². The van der Waals surface area contributed by atoms with Gasteiger partial charge in [-0.05, 0) is 19.3 Å². The molecule has 0 atom stereocenters. The van der Waals surface area contributed by atoms with Gasteiger partial charge in [0.05, 0.1) is 0 Å². The molecule has 118 valence electrons. The Kier molecular flexibility index (Phi) is 10.9. The Morgan fingerprint density at radius 1 is 1.30 bits per heavy atom. The van der Waals surface area contributed by atoms with E-state index in [1.54, 1.807) is 19.0 Å². The molecular weight excluding hydrogens is 367 g/mol. The summed E-state index contributed by atoms with van der Waals surface area (Å²) in [5.41, 5.74) is 0. The molecule has 2 N–H and O–H groups in total. The Morgan fingerprint density at radius 2 is 1.95 bits per heavy atom. The summed E-state index contributed by atoms with van der Waals surface area (Å²) in [5.74, 6) is 0.818. The van der Waals surface area contributed by atoms with E-state index in [9.17, 15) is 4.79 Å². The van der Waals surface area contributed by atoms with E-state index < -0.39 is 0 Å². The Morgan fingerprint density at radius 3 is 2.50 bits per heavy atom. The molecule has 1 rings (SSSR count). The maximum atomic E-state index is 11.6. The lowest BCUT2D eigenvalue weighted by Gasteiger charge is -2.17. The van der Waals surface area contributed by atoms with Crippen LogP contribution in [0.25, 0.3) is 0 Å². The molecule has 1 fully saturated rings. The van der Waals surface area contributed by atoms with E-state index in [4.69, 9.17) is 0 Å². The lowest BCUT2D eigenvalue weighted by Crippen LogP contribution is -2.43. The number of unbranched alkanes of at least 4 members (excludes halogenated alkanes) is 1. The van der Waals surface area contributed by atoms with Gasteiger partial charge in [-0.3, -0.25) is 4.79 Å². The number of halogens is 1. The minimum atomic E-state index is 0. The van der Waals surface area contributed by atoms with Gasteiger partial charge in [-0.2, -0.15) is 0 Å². The van der Waals surface area contributed by atoms with Crippen molar-refractivity contribution in [3.8, 4) is 0 Å². The van der Waals surface area contributed by atoms with Crippen LogP contribution in [0.5, 0.6) is 0 Å². The molecule has 20 heavy (non-hydrogen) atoms. The quantitative estimate of drug-likeness (QED) is 0.313. The van der Waals surface area contributed by atoms with E-state index >= 15 is 0 Å². The summed E-state index contributed by atoms with van der Waals surface area (Å²) in [5, 5.41) is 6.75. The smallest absolute Gasteiger partial charge is 0.243 e. The van der Waals surface area contributed by atoms with Crippen molar-refractivity contribution in [2.24, 2.45) is 4.99 Å². The molecule has 1 aliphatic carbocycles. The Balaban J connectivity index is 0.00000361. The van der Waals surface area contributed by atoms with E-state index in [1.165, 1.54) is 25.7 Å². The van der Waals surface area contributed by atoms with Crippen LogP contribution in [0.3, 0.4) is 0 Å². The van der Waals surface area contributed by atoms with Gasteiger partial charge in [0.2, 0.25) is 5.91 Å². The summed E-state index contributed by atoms with van der Waals surface area (Å²) in [6.45, 7) is 3.28. The van der Waals surface area contributed by atoms with Crippen LogP contribution >= 0.6 is 24.0 Å². The fraction of sp³-hybridized carbons (Fsp3) is 0.857.